The molecule has 0 bridgehead atoms. The molecule has 0 saturated heterocycles. The number of anilines is 1. The quantitative estimate of drug-likeness (QED) is 0.515. The van der Waals surface area contributed by atoms with Gasteiger partial charge in [-0.25, -0.2) is 4.98 Å². The van der Waals surface area contributed by atoms with Gasteiger partial charge in [-0.1, -0.05) is 41.1 Å². The number of aryl methyl sites for hydroxylation is 1. The van der Waals surface area contributed by atoms with Crippen molar-refractivity contribution >= 4 is 22.4 Å². The summed E-state index contributed by atoms with van der Waals surface area (Å²) < 4.78 is 7.22. The van der Waals surface area contributed by atoms with Crippen molar-refractivity contribution in [2.75, 3.05) is 5.32 Å². The number of fused-ring (bicyclic) bond motifs is 3. The zero-order chi connectivity index (χ0) is 18.2. The average Bonchev–Trinajstić information content (AvgIpc) is 3.36. The molecule has 1 N–H and O–H groups in total. The molecule has 0 atom stereocenters. The largest absolute Gasteiger partial charge is 0.467 e. The molecule has 0 radical (unpaired) electrons. The van der Waals surface area contributed by atoms with Crippen molar-refractivity contribution in [1.29, 1.82) is 0 Å². The van der Waals surface area contributed by atoms with Crippen LogP contribution in [0.4, 0.5) is 5.82 Å². The van der Waals surface area contributed by atoms with Crippen molar-refractivity contribution in [3.05, 3.63) is 78.3 Å². The molecule has 3 heterocycles. The lowest BCUT2D eigenvalue weighted by molar-refractivity contribution is 0.518. The monoisotopic (exact) mass is 355 g/mol. The maximum absolute atomic E-state index is 5.43. The van der Waals surface area contributed by atoms with Crippen LogP contribution in [-0.2, 0) is 6.54 Å². The van der Waals surface area contributed by atoms with Crippen molar-refractivity contribution in [3.63, 3.8) is 0 Å². The van der Waals surface area contributed by atoms with Gasteiger partial charge in [0.25, 0.3) is 0 Å². The van der Waals surface area contributed by atoms with Crippen LogP contribution in [0.25, 0.3) is 27.8 Å². The third-order valence-electron chi connectivity index (χ3n) is 4.55. The maximum atomic E-state index is 5.43. The Morgan fingerprint density at radius 1 is 1.04 bits per heavy atom. The molecule has 0 spiro atoms. The van der Waals surface area contributed by atoms with E-state index in [-0.39, 0.29) is 0 Å². The van der Waals surface area contributed by atoms with Gasteiger partial charge >= 0.3 is 0 Å². The highest BCUT2D eigenvalue weighted by molar-refractivity contribution is 5.93. The summed E-state index contributed by atoms with van der Waals surface area (Å²) in [5.41, 5.74) is 4.62. The van der Waals surface area contributed by atoms with Crippen LogP contribution in [0.3, 0.4) is 0 Å². The van der Waals surface area contributed by atoms with E-state index in [1.165, 1.54) is 5.56 Å². The van der Waals surface area contributed by atoms with Crippen LogP contribution < -0.4 is 5.32 Å². The fourth-order valence-electron chi connectivity index (χ4n) is 3.26. The van der Waals surface area contributed by atoms with E-state index in [1.807, 2.05) is 48.5 Å². The molecule has 0 unspecified atom stereocenters. The highest BCUT2D eigenvalue weighted by Crippen LogP contribution is 2.28. The molecular weight excluding hydrogens is 338 g/mol. The minimum atomic E-state index is 0.557. The average molecular weight is 355 g/mol. The van der Waals surface area contributed by atoms with Crippen molar-refractivity contribution < 1.29 is 4.42 Å². The fourth-order valence-corrected chi connectivity index (χ4v) is 3.26. The van der Waals surface area contributed by atoms with E-state index in [0.717, 1.165) is 39.4 Å². The lowest BCUT2D eigenvalue weighted by Crippen LogP contribution is -2.04. The molecule has 2 aromatic carbocycles. The molecule has 5 aromatic rings. The van der Waals surface area contributed by atoms with E-state index >= 15 is 0 Å². The van der Waals surface area contributed by atoms with Gasteiger partial charge in [0.05, 0.1) is 18.3 Å². The molecule has 5 rings (SSSR count). The first-order valence-electron chi connectivity index (χ1n) is 8.77. The van der Waals surface area contributed by atoms with Crippen molar-refractivity contribution in [1.82, 2.24) is 19.8 Å². The molecule has 3 aromatic heterocycles. The number of nitrogens with zero attached hydrogens (tertiary/aromatic N) is 4. The van der Waals surface area contributed by atoms with Crippen molar-refractivity contribution in [3.8, 4) is 11.3 Å². The van der Waals surface area contributed by atoms with Crippen LogP contribution in [0.1, 0.15) is 11.3 Å². The van der Waals surface area contributed by atoms with Gasteiger partial charge in [-0.3, -0.25) is 0 Å². The lowest BCUT2D eigenvalue weighted by Gasteiger charge is -2.09. The van der Waals surface area contributed by atoms with Gasteiger partial charge in [0.1, 0.15) is 17.3 Å². The molecule has 0 fully saturated rings. The second-order valence-corrected chi connectivity index (χ2v) is 6.45. The van der Waals surface area contributed by atoms with Crippen molar-refractivity contribution in [2.45, 2.75) is 13.5 Å². The standard InChI is InChI=1S/C21H17N5O/c1-14-6-4-7-15(12-14)19-21-23-20(22-13-16-8-5-11-27-16)17-9-2-3-10-18(17)26(21)25-24-19/h2-12H,13H2,1H3,(H,22,23). The predicted octanol–water partition coefficient (Wildman–Crippen LogP) is 4.46. The van der Waals surface area contributed by atoms with E-state index in [0.29, 0.717) is 6.54 Å². The summed E-state index contributed by atoms with van der Waals surface area (Å²) >= 11 is 0. The number of rotatable bonds is 4. The summed E-state index contributed by atoms with van der Waals surface area (Å²) in [7, 11) is 0. The third-order valence-corrected chi connectivity index (χ3v) is 4.55. The van der Waals surface area contributed by atoms with E-state index in [2.05, 4.69) is 34.7 Å². The second-order valence-electron chi connectivity index (χ2n) is 6.45. The molecule has 132 valence electrons. The number of aromatic nitrogens is 4. The Morgan fingerprint density at radius 3 is 2.81 bits per heavy atom. The number of nitrogens with one attached hydrogen (secondary N) is 1. The Labute approximate surface area is 155 Å². The maximum Gasteiger partial charge on any atom is 0.186 e. The van der Waals surface area contributed by atoms with Gasteiger partial charge in [0.2, 0.25) is 0 Å². The Morgan fingerprint density at radius 2 is 1.96 bits per heavy atom. The van der Waals surface area contributed by atoms with Gasteiger partial charge in [0.15, 0.2) is 5.65 Å². The second kappa shape index (κ2) is 6.25. The Bertz CT molecular complexity index is 1240. The van der Waals surface area contributed by atoms with Crippen LogP contribution in [0, 0.1) is 6.92 Å². The molecule has 27 heavy (non-hydrogen) atoms. The summed E-state index contributed by atoms with van der Waals surface area (Å²) in [5, 5.41) is 13.1. The van der Waals surface area contributed by atoms with Gasteiger partial charge in [-0.2, -0.15) is 4.52 Å². The Kier molecular flexibility index (Phi) is 3.60. The number of hydrogen-bond donors (Lipinski definition) is 1. The highest BCUT2D eigenvalue weighted by Gasteiger charge is 2.15. The number of furan rings is 1. The SMILES string of the molecule is Cc1cccc(-c2nnn3c2nc(NCc2ccco2)c2ccccc23)c1. The fraction of sp³-hybridized carbons (Fsp3) is 0.0952. The van der Waals surface area contributed by atoms with Crippen LogP contribution >= 0.6 is 0 Å². The van der Waals surface area contributed by atoms with Crippen LogP contribution in [0.2, 0.25) is 0 Å². The molecule has 0 aliphatic heterocycles. The van der Waals surface area contributed by atoms with Crippen molar-refractivity contribution in [2.24, 2.45) is 0 Å². The predicted molar refractivity (Wildman–Crippen MR) is 104 cm³/mol. The first kappa shape index (κ1) is 15.6. The van der Waals surface area contributed by atoms with Gasteiger partial charge < -0.3 is 9.73 Å². The zero-order valence-electron chi connectivity index (χ0n) is 14.8. The smallest absolute Gasteiger partial charge is 0.186 e. The number of benzene rings is 2. The van der Waals surface area contributed by atoms with Gasteiger partial charge in [-0.15, -0.1) is 5.10 Å². The third kappa shape index (κ3) is 2.71. The highest BCUT2D eigenvalue weighted by atomic mass is 16.3. The van der Waals surface area contributed by atoms with Crippen LogP contribution in [-0.4, -0.2) is 19.8 Å². The minimum absolute atomic E-state index is 0.557. The molecule has 0 aliphatic rings. The Hall–Kier alpha value is -3.67. The zero-order valence-corrected chi connectivity index (χ0v) is 14.8. The number of hydrogen-bond acceptors (Lipinski definition) is 5. The summed E-state index contributed by atoms with van der Waals surface area (Å²) in [6.07, 6.45) is 1.67. The van der Waals surface area contributed by atoms with E-state index in [4.69, 9.17) is 9.40 Å². The molecular formula is C21H17N5O. The first-order chi connectivity index (χ1) is 13.3. The van der Waals surface area contributed by atoms with E-state index in [9.17, 15) is 0 Å². The van der Waals surface area contributed by atoms with E-state index in [1.54, 1.807) is 10.8 Å². The van der Waals surface area contributed by atoms with Crippen LogP contribution in [0.15, 0.2) is 71.3 Å². The lowest BCUT2D eigenvalue weighted by atomic mass is 10.1. The summed E-state index contributed by atoms with van der Waals surface area (Å²) in [6.45, 7) is 2.62. The minimum Gasteiger partial charge on any atom is -0.467 e. The van der Waals surface area contributed by atoms with Gasteiger partial charge in [0, 0.05) is 10.9 Å². The normalized spacial score (nSPS) is 11.3. The molecule has 0 aliphatic carbocycles. The first-order valence-corrected chi connectivity index (χ1v) is 8.77. The summed E-state index contributed by atoms with van der Waals surface area (Å²) in [6, 6.07) is 20.1. The van der Waals surface area contributed by atoms with E-state index < -0.39 is 0 Å². The molecule has 6 heteroatoms. The summed E-state index contributed by atoms with van der Waals surface area (Å²) in [5.74, 6) is 1.64. The molecule has 0 amide bonds. The molecule has 0 saturated carbocycles. The molecule has 6 nitrogen and oxygen atoms in total. The topological polar surface area (TPSA) is 68.2 Å². The Balaban J connectivity index is 1.69. The van der Waals surface area contributed by atoms with Gasteiger partial charge in [-0.05, 0) is 37.3 Å². The number of para-hydroxylation sites is 1. The summed E-state index contributed by atoms with van der Waals surface area (Å²) in [4.78, 5) is 4.85. The van der Waals surface area contributed by atoms with Crippen LogP contribution in [0.5, 0.6) is 0 Å².